The predicted molar refractivity (Wildman–Crippen MR) is 128 cm³/mol. The molecule has 0 aliphatic carbocycles. The molecule has 2 fully saturated rings. The zero-order valence-corrected chi connectivity index (χ0v) is 19.6. The number of aryl methyl sites for hydroxylation is 1. The van der Waals surface area contributed by atoms with Gasteiger partial charge in [-0.25, -0.2) is 8.42 Å². The molecule has 32 heavy (non-hydrogen) atoms. The molecule has 0 aromatic heterocycles. The summed E-state index contributed by atoms with van der Waals surface area (Å²) in [7, 11) is -3.80. The van der Waals surface area contributed by atoms with Gasteiger partial charge in [0, 0.05) is 44.8 Å². The normalized spacial score (nSPS) is 19.6. The number of likely N-dealkylation sites (tertiary alicyclic amines) is 1. The van der Waals surface area contributed by atoms with Crippen molar-refractivity contribution in [3.8, 4) is 0 Å². The molecule has 2 aromatic rings. The average molecular weight is 457 g/mol. The summed E-state index contributed by atoms with van der Waals surface area (Å²) in [6.45, 7) is 8.63. The van der Waals surface area contributed by atoms with Gasteiger partial charge in [-0.2, -0.15) is 0 Å². The maximum atomic E-state index is 13.2. The van der Waals surface area contributed by atoms with E-state index in [0.717, 1.165) is 57.8 Å². The molecule has 1 atom stereocenters. The third-order valence-corrected chi connectivity index (χ3v) is 7.80. The van der Waals surface area contributed by atoms with Crippen LogP contribution in [0.15, 0.2) is 47.4 Å². The highest BCUT2D eigenvalue weighted by Gasteiger charge is 2.25. The number of carbonyl (C=O) groups is 1. The summed E-state index contributed by atoms with van der Waals surface area (Å²) in [5.41, 5.74) is 2.44. The van der Waals surface area contributed by atoms with Gasteiger partial charge in [-0.1, -0.05) is 25.1 Å². The zero-order valence-electron chi connectivity index (χ0n) is 18.8. The number of benzene rings is 2. The lowest BCUT2D eigenvalue weighted by Gasteiger charge is -2.33. The van der Waals surface area contributed by atoms with Crippen LogP contribution in [0.2, 0.25) is 0 Å². The summed E-state index contributed by atoms with van der Waals surface area (Å²) in [6, 6.07) is 12.3. The molecule has 0 saturated carbocycles. The second-order valence-electron chi connectivity index (χ2n) is 8.84. The summed E-state index contributed by atoms with van der Waals surface area (Å²) in [6.07, 6.45) is 2.13. The van der Waals surface area contributed by atoms with E-state index in [1.807, 2.05) is 23.1 Å². The topological polar surface area (TPSA) is 81.8 Å². The van der Waals surface area contributed by atoms with Crippen molar-refractivity contribution in [2.45, 2.75) is 31.6 Å². The predicted octanol–water partition coefficient (Wildman–Crippen LogP) is 3.08. The molecule has 2 aliphatic heterocycles. The smallest absolute Gasteiger partial charge is 0.262 e. The monoisotopic (exact) mass is 456 g/mol. The first-order chi connectivity index (χ1) is 15.3. The van der Waals surface area contributed by atoms with Gasteiger partial charge >= 0.3 is 0 Å². The molecule has 0 radical (unpaired) electrons. The van der Waals surface area contributed by atoms with Crippen molar-refractivity contribution in [3.05, 3.63) is 53.6 Å². The standard InChI is InChI=1S/C24H32N4O3S/c1-18-6-5-13-28(17-18)24(29)20-9-10-22(27-14-11-25-12-15-27)21(16-20)26-32(30,31)23-8-4-3-7-19(23)2/h3-4,7-10,16,18,25-26H,5-6,11-15,17H2,1-2H3/t18-/m0/s1. The van der Waals surface area contributed by atoms with Gasteiger partial charge in [-0.3, -0.25) is 9.52 Å². The Balaban J connectivity index is 1.69. The Morgan fingerprint density at radius 1 is 1.09 bits per heavy atom. The number of amides is 1. The van der Waals surface area contributed by atoms with Gasteiger partial charge in [-0.15, -0.1) is 0 Å². The number of rotatable bonds is 5. The van der Waals surface area contributed by atoms with Crippen LogP contribution in [-0.4, -0.2) is 58.5 Å². The SMILES string of the molecule is Cc1ccccc1S(=O)(=O)Nc1cc(C(=O)N2CCC[C@H](C)C2)ccc1N1CCNCC1. The number of sulfonamides is 1. The molecule has 0 unspecified atom stereocenters. The van der Waals surface area contributed by atoms with Crippen LogP contribution in [0.25, 0.3) is 0 Å². The van der Waals surface area contributed by atoms with Crippen LogP contribution in [0, 0.1) is 12.8 Å². The highest BCUT2D eigenvalue weighted by Crippen LogP contribution is 2.31. The van der Waals surface area contributed by atoms with Gasteiger partial charge in [0.15, 0.2) is 0 Å². The second kappa shape index (κ2) is 9.50. The van der Waals surface area contributed by atoms with Crippen LogP contribution in [0.3, 0.4) is 0 Å². The number of piperidine rings is 1. The maximum Gasteiger partial charge on any atom is 0.262 e. The van der Waals surface area contributed by atoms with Gasteiger partial charge in [0.2, 0.25) is 0 Å². The number of carbonyl (C=O) groups excluding carboxylic acids is 1. The van der Waals surface area contributed by atoms with Crippen molar-refractivity contribution in [2.75, 3.05) is 48.9 Å². The lowest BCUT2D eigenvalue weighted by Crippen LogP contribution is -2.44. The Kier molecular flexibility index (Phi) is 6.71. The Bertz CT molecular complexity index is 1080. The minimum Gasteiger partial charge on any atom is -0.367 e. The van der Waals surface area contributed by atoms with Crippen LogP contribution < -0.4 is 14.9 Å². The van der Waals surface area contributed by atoms with E-state index in [2.05, 4.69) is 21.9 Å². The summed E-state index contributed by atoms with van der Waals surface area (Å²) < 4.78 is 29.3. The van der Waals surface area contributed by atoms with E-state index < -0.39 is 10.0 Å². The number of anilines is 2. The molecule has 0 spiro atoms. The Morgan fingerprint density at radius 3 is 2.56 bits per heavy atom. The molecular formula is C24H32N4O3S. The highest BCUT2D eigenvalue weighted by atomic mass is 32.2. The van der Waals surface area contributed by atoms with E-state index in [4.69, 9.17) is 0 Å². The largest absolute Gasteiger partial charge is 0.367 e. The quantitative estimate of drug-likeness (QED) is 0.723. The lowest BCUT2D eigenvalue weighted by atomic mass is 9.99. The van der Waals surface area contributed by atoms with Gasteiger partial charge in [0.25, 0.3) is 15.9 Å². The molecule has 172 valence electrons. The van der Waals surface area contributed by atoms with Crippen molar-refractivity contribution >= 4 is 27.3 Å². The maximum absolute atomic E-state index is 13.2. The lowest BCUT2D eigenvalue weighted by molar-refractivity contribution is 0.0683. The van der Waals surface area contributed by atoms with E-state index in [1.165, 1.54) is 0 Å². The Morgan fingerprint density at radius 2 is 1.84 bits per heavy atom. The van der Waals surface area contributed by atoms with Gasteiger partial charge in [0.05, 0.1) is 16.3 Å². The Labute approximate surface area is 190 Å². The molecule has 1 amide bonds. The van der Waals surface area contributed by atoms with E-state index in [-0.39, 0.29) is 10.8 Å². The van der Waals surface area contributed by atoms with E-state index in [0.29, 0.717) is 22.7 Å². The summed E-state index contributed by atoms with van der Waals surface area (Å²) >= 11 is 0. The van der Waals surface area contributed by atoms with Gasteiger partial charge in [0.1, 0.15) is 0 Å². The second-order valence-corrected chi connectivity index (χ2v) is 10.5. The number of nitrogens with zero attached hydrogens (tertiary/aromatic N) is 2. The van der Waals surface area contributed by atoms with Gasteiger partial charge in [-0.05, 0) is 55.5 Å². The van der Waals surface area contributed by atoms with Crippen molar-refractivity contribution in [3.63, 3.8) is 0 Å². The van der Waals surface area contributed by atoms with Crippen LogP contribution in [-0.2, 0) is 10.0 Å². The first kappa shape index (κ1) is 22.6. The minimum absolute atomic E-state index is 0.0419. The highest BCUT2D eigenvalue weighted by molar-refractivity contribution is 7.92. The molecule has 7 nitrogen and oxygen atoms in total. The molecular weight excluding hydrogens is 424 g/mol. The molecule has 0 bridgehead atoms. The molecule has 2 aromatic carbocycles. The number of hydrogen-bond donors (Lipinski definition) is 2. The fourth-order valence-electron chi connectivity index (χ4n) is 4.55. The fourth-order valence-corrected chi connectivity index (χ4v) is 5.86. The fraction of sp³-hybridized carbons (Fsp3) is 0.458. The van der Waals surface area contributed by atoms with E-state index >= 15 is 0 Å². The average Bonchev–Trinajstić information content (AvgIpc) is 2.79. The van der Waals surface area contributed by atoms with Crippen molar-refractivity contribution in [1.82, 2.24) is 10.2 Å². The molecule has 4 rings (SSSR count). The van der Waals surface area contributed by atoms with E-state index in [1.54, 1.807) is 31.2 Å². The summed E-state index contributed by atoms with van der Waals surface area (Å²) in [5.74, 6) is 0.437. The molecule has 2 N–H and O–H groups in total. The van der Waals surface area contributed by atoms with E-state index in [9.17, 15) is 13.2 Å². The summed E-state index contributed by atoms with van der Waals surface area (Å²) in [4.78, 5) is 17.5. The molecule has 2 heterocycles. The third-order valence-electron chi connectivity index (χ3n) is 6.27. The van der Waals surface area contributed by atoms with Crippen molar-refractivity contribution in [2.24, 2.45) is 5.92 Å². The molecule has 8 heteroatoms. The number of nitrogens with one attached hydrogen (secondary N) is 2. The van der Waals surface area contributed by atoms with Gasteiger partial charge < -0.3 is 15.1 Å². The van der Waals surface area contributed by atoms with Crippen LogP contribution in [0.4, 0.5) is 11.4 Å². The minimum atomic E-state index is -3.80. The first-order valence-corrected chi connectivity index (χ1v) is 12.8. The summed E-state index contributed by atoms with van der Waals surface area (Å²) in [5, 5.41) is 3.32. The molecule has 2 saturated heterocycles. The van der Waals surface area contributed by atoms with Crippen molar-refractivity contribution < 1.29 is 13.2 Å². The first-order valence-electron chi connectivity index (χ1n) is 11.3. The number of hydrogen-bond acceptors (Lipinski definition) is 5. The molecule has 2 aliphatic rings. The van der Waals surface area contributed by atoms with Crippen molar-refractivity contribution in [1.29, 1.82) is 0 Å². The van der Waals surface area contributed by atoms with Crippen LogP contribution >= 0.6 is 0 Å². The number of piperazine rings is 1. The Hall–Kier alpha value is -2.58. The van der Waals surface area contributed by atoms with Crippen LogP contribution in [0.5, 0.6) is 0 Å². The van der Waals surface area contributed by atoms with Crippen LogP contribution in [0.1, 0.15) is 35.7 Å². The zero-order chi connectivity index (χ0) is 22.7. The third kappa shape index (κ3) is 4.91.